The molecular formula is C52H36I2O2P2. The summed E-state index contributed by atoms with van der Waals surface area (Å²) in [5, 5.41) is 9.62. The Morgan fingerprint density at radius 3 is 0.759 bits per heavy atom. The van der Waals surface area contributed by atoms with Crippen LogP contribution in [-0.4, -0.2) is 22.2 Å². The Bertz CT molecular complexity index is 2500. The van der Waals surface area contributed by atoms with Gasteiger partial charge in [-0.3, -0.25) is 9.59 Å². The number of ketones is 2. The van der Waals surface area contributed by atoms with E-state index >= 15 is 0 Å². The van der Waals surface area contributed by atoms with Crippen LogP contribution in [0.3, 0.4) is 0 Å². The minimum Gasteiger partial charge on any atom is -0.288 e. The highest BCUT2D eigenvalue weighted by Gasteiger charge is 2.38. The maximum atomic E-state index is 14.7. The first-order chi connectivity index (χ1) is 28.5. The number of carbonyl (C=O) groups excluding carboxylic acids is 2. The van der Waals surface area contributed by atoms with E-state index < -0.39 is 13.8 Å². The summed E-state index contributed by atoms with van der Waals surface area (Å²) >= 11 is 4.24. The minimum atomic E-state index is -2.39. The van der Waals surface area contributed by atoms with Crippen LogP contribution in [-0.2, 0) is 9.59 Å². The Morgan fingerprint density at radius 1 is 0.310 bits per heavy atom. The average molecular weight is 1010 g/mol. The van der Waals surface area contributed by atoms with Gasteiger partial charge in [-0.2, -0.15) is 0 Å². The molecule has 0 aromatic heterocycles. The first-order valence-electron chi connectivity index (χ1n) is 19.0. The molecule has 3 aliphatic carbocycles. The summed E-state index contributed by atoms with van der Waals surface area (Å²) in [7, 11) is 0. The summed E-state index contributed by atoms with van der Waals surface area (Å²) < 4.78 is 0.882. The monoisotopic (exact) mass is 1010 g/mol. The third-order valence-electron chi connectivity index (χ3n) is 11.0. The van der Waals surface area contributed by atoms with Crippen LogP contribution >= 0.6 is 59.0 Å². The molecule has 0 saturated heterocycles. The summed E-state index contributed by atoms with van der Waals surface area (Å²) in [6.07, 6.45) is 12.7. The standard InChI is InChI=1S/C52H36I2O2P2/c53-49-47(37-31-33-45(35-37)57(39-19-7-1-8-20-39,40-21-9-2-10-22-40)41-23-11-3-12-24-41)51(55)50(54)48(52(49)56)38-32-34-46(36-38)58(42-25-13-4-14-26-42,43-27-15-5-16-28-43)44-29-17-6-18-30-44/h1-36H. The Labute approximate surface area is 367 Å². The maximum Gasteiger partial charge on any atom is 0.201 e. The number of hydrogen-bond donors (Lipinski definition) is 0. The average Bonchev–Trinajstić information content (AvgIpc) is 3.98. The molecule has 0 unspecified atom stereocenters. The summed E-state index contributed by atoms with van der Waals surface area (Å²) in [6.45, 7) is -4.78. The van der Waals surface area contributed by atoms with Crippen LogP contribution in [0.5, 0.6) is 0 Å². The van der Waals surface area contributed by atoms with E-state index in [1.807, 2.05) is 12.2 Å². The van der Waals surface area contributed by atoms with E-state index in [4.69, 9.17) is 0 Å². The normalized spacial score (nSPS) is 15.7. The van der Waals surface area contributed by atoms with Crippen molar-refractivity contribution in [3.05, 3.63) is 248 Å². The van der Waals surface area contributed by atoms with Crippen molar-refractivity contribution in [3.63, 3.8) is 0 Å². The molecule has 2 nitrogen and oxygen atoms in total. The zero-order chi connectivity index (χ0) is 39.7. The van der Waals surface area contributed by atoms with Crippen molar-refractivity contribution in [2.24, 2.45) is 0 Å². The second-order valence-electron chi connectivity index (χ2n) is 14.1. The van der Waals surface area contributed by atoms with Crippen molar-refractivity contribution in [1.82, 2.24) is 0 Å². The fraction of sp³-hybridized carbons (Fsp3) is 0. The smallest absolute Gasteiger partial charge is 0.201 e. The lowest BCUT2D eigenvalue weighted by Crippen LogP contribution is -2.29. The molecule has 6 aromatic carbocycles. The topological polar surface area (TPSA) is 34.1 Å². The van der Waals surface area contributed by atoms with Crippen LogP contribution in [0.4, 0.5) is 0 Å². The first kappa shape index (κ1) is 38.7. The fourth-order valence-electron chi connectivity index (χ4n) is 8.45. The van der Waals surface area contributed by atoms with Crippen LogP contribution in [0.1, 0.15) is 0 Å². The van der Waals surface area contributed by atoms with Crippen LogP contribution in [0, 0.1) is 0 Å². The highest BCUT2D eigenvalue weighted by atomic mass is 127. The SMILES string of the molecule is O=C1C(I)=C(C2=CC(=P(c3ccccc3)(c3ccccc3)c3ccccc3)C=C2)C(=O)C(I)=C1C1=CC(=P(c2ccccc2)(c2ccccc2)c2ccccc2)C=C1. The van der Waals surface area contributed by atoms with E-state index in [0.717, 1.165) is 21.7 Å². The van der Waals surface area contributed by atoms with Gasteiger partial charge in [-0.15, -0.1) is 0 Å². The molecule has 0 atom stereocenters. The van der Waals surface area contributed by atoms with Crippen molar-refractivity contribution in [3.8, 4) is 0 Å². The number of carbonyl (C=O) groups is 2. The second-order valence-corrected chi connectivity index (χ2v) is 23.1. The molecule has 0 saturated carbocycles. The van der Waals surface area contributed by atoms with Crippen molar-refractivity contribution >= 4 is 113 Å². The molecule has 6 aromatic rings. The molecule has 0 spiro atoms. The van der Waals surface area contributed by atoms with Crippen LogP contribution in [0.15, 0.2) is 248 Å². The van der Waals surface area contributed by atoms with Gasteiger partial charge < -0.3 is 0 Å². The van der Waals surface area contributed by atoms with Gasteiger partial charge in [0.15, 0.2) is 0 Å². The molecule has 58 heavy (non-hydrogen) atoms. The van der Waals surface area contributed by atoms with Gasteiger partial charge in [0, 0.05) is 11.1 Å². The molecule has 0 heterocycles. The van der Waals surface area contributed by atoms with E-state index in [1.165, 1.54) is 31.8 Å². The van der Waals surface area contributed by atoms with E-state index in [0.29, 0.717) is 18.3 Å². The molecule has 0 fully saturated rings. The Balaban J connectivity index is 1.21. The van der Waals surface area contributed by atoms with Gasteiger partial charge in [0.25, 0.3) is 0 Å². The molecule has 9 rings (SSSR count). The Morgan fingerprint density at radius 2 is 0.534 bits per heavy atom. The number of allylic oxidation sites excluding steroid dienone is 12. The van der Waals surface area contributed by atoms with Crippen molar-refractivity contribution in [2.45, 2.75) is 0 Å². The molecule has 0 N–H and O–H groups in total. The van der Waals surface area contributed by atoms with E-state index in [2.05, 4.69) is 251 Å². The van der Waals surface area contributed by atoms with Crippen molar-refractivity contribution in [1.29, 1.82) is 0 Å². The Hall–Kier alpha value is -4.84. The lowest BCUT2D eigenvalue weighted by Gasteiger charge is -2.31. The van der Waals surface area contributed by atoms with Crippen LogP contribution < -0.4 is 31.8 Å². The van der Waals surface area contributed by atoms with Gasteiger partial charge in [-0.05, 0) is 125 Å². The molecular weight excluding hydrogens is 972 g/mol. The number of benzene rings is 6. The second kappa shape index (κ2) is 16.4. The molecule has 280 valence electrons. The molecule has 6 heteroatoms. The third-order valence-corrected chi connectivity index (χ3v) is 21.6. The van der Waals surface area contributed by atoms with Gasteiger partial charge in [-0.25, -0.2) is 0 Å². The maximum absolute atomic E-state index is 14.7. The lowest BCUT2D eigenvalue weighted by atomic mass is 9.89. The summed E-state index contributed by atoms with van der Waals surface area (Å²) in [5.74, 6) is -0.254. The Kier molecular flexibility index (Phi) is 11.0. The molecule has 0 bridgehead atoms. The lowest BCUT2D eigenvalue weighted by molar-refractivity contribution is -0.115. The van der Waals surface area contributed by atoms with E-state index in [1.54, 1.807) is 0 Å². The largest absolute Gasteiger partial charge is 0.288 e. The van der Waals surface area contributed by atoms with Gasteiger partial charge >= 0.3 is 0 Å². The highest BCUT2D eigenvalue weighted by Crippen LogP contribution is 2.51. The van der Waals surface area contributed by atoms with Crippen molar-refractivity contribution < 1.29 is 9.59 Å². The van der Waals surface area contributed by atoms with Gasteiger partial charge in [0.1, 0.15) is 0 Å². The van der Waals surface area contributed by atoms with Gasteiger partial charge in [0.2, 0.25) is 11.6 Å². The van der Waals surface area contributed by atoms with Crippen molar-refractivity contribution in [2.75, 3.05) is 0 Å². The number of hydrogen-bond acceptors (Lipinski definition) is 2. The number of rotatable bonds is 8. The third kappa shape index (κ3) is 6.46. The van der Waals surface area contributed by atoms with Crippen LogP contribution in [0.2, 0.25) is 0 Å². The predicted octanol–water partition coefficient (Wildman–Crippen LogP) is 9.84. The summed E-state index contributed by atoms with van der Waals surface area (Å²) in [6, 6.07) is 64.1. The summed E-state index contributed by atoms with van der Waals surface area (Å²) in [5.41, 5.74) is 2.46. The van der Waals surface area contributed by atoms with Gasteiger partial charge in [0.05, 0.1) is 7.16 Å². The number of Topliss-reactive ketones (excluding diaryl/α,β-unsaturated/α-hetero) is 2. The minimum absolute atomic E-state index is 0.127. The quantitative estimate of drug-likeness (QED) is 0.0866. The molecule has 0 amide bonds. The van der Waals surface area contributed by atoms with Gasteiger partial charge in [-0.1, -0.05) is 206 Å². The van der Waals surface area contributed by atoms with E-state index in [-0.39, 0.29) is 11.6 Å². The molecule has 0 radical (unpaired) electrons. The fourth-order valence-corrected chi connectivity index (χ4v) is 18.7. The van der Waals surface area contributed by atoms with E-state index in [9.17, 15) is 9.59 Å². The predicted molar refractivity (Wildman–Crippen MR) is 267 cm³/mol. The summed E-state index contributed by atoms with van der Waals surface area (Å²) in [4.78, 5) is 29.5. The molecule has 3 aliphatic rings. The first-order valence-corrected chi connectivity index (χ1v) is 24.8. The zero-order valence-corrected chi connectivity index (χ0v) is 37.4. The zero-order valence-electron chi connectivity index (χ0n) is 31.3. The highest BCUT2D eigenvalue weighted by molar-refractivity contribution is 14.1. The van der Waals surface area contributed by atoms with Crippen LogP contribution in [0.25, 0.3) is 0 Å². The number of halogens is 2. The molecule has 0 aliphatic heterocycles.